The van der Waals surface area contributed by atoms with Gasteiger partial charge in [0.2, 0.25) is 0 Å². The van der Waals surface area contributed by atoms with E-state index in [2.05, 4.69) is 61.9 Å². The van der Waals surface area contributed by atoms with Gasteiger partial charge < -0.3 is 4.90 Å². The Kier molecular flexibility index (Phi) is 3.28. The Labute approximate surface area is 144 Å². The summed E-state index contributed by atoms with van der Waals surface area (Å²) in [5, 5.41) is 2.61. The van der Waals surface area contributed by atoms with E-state index in [9.17, 15) is 0 Å². The van der Waals surface area contributed by atoms with Gasteiger partial charge in [0.05, 0.1) is 0 Å². The van der Waals surface area contributed by atoms with Gasteiger partial charge >= 0.3 is 0 Å². The molecule has 0 fully saturated rings. The standard InChI is InChI=1S/C23H23N/c1-6-8-14(2)17-11-18-13-21-16(4)24(5)15(3)19-9-7-10-20(23(19)21)22(18)12-17/h7,9-10,12-13H,2-4,6,8,11H2,1,5H3. The minimum Gasteiger partial charge on any atom is -0.345 e. The van der Waals surface area contributed by atoms with Gasteiger partial charge in [-0.05, 0) is 41.0 Å². The predicted octanol–water partition coefficient (Wildman–Crippen LogP) is 6.02. The highest BCUT2D eigenvalue weighted by Gasteiger charge is 2.26. The van der Waals surface area contributed by atoms with E-state index in [4.69, 9.17) is 0 Å². The van der Waals surface area contributed by atoms with Crippen molar-refractivity contribution in [2.45, 2.75) is 26.2 Å². The van der Waals surface area contributed by atoms with Crippen LogP contribution in [0.25, 0.3) is 28.2 Å². The Morgan fingerprint density at radius 2 is 1.92 bits per heavy atom. The summed E-state index contributed by atoms with van der Waals surface area (Å²) in [6, 6.07) is 8.87. The topological polar surface area (TPSA) is 3.24 Å². The fourth-order valence-corrected chi connectivity index (χ4v) is 3.99. The quantitative estimate of drug-likeness (QED) is 0.669. The van der Waals surface area contributed by atoms with Crippen molar-refractivity contribution < 1.29 is 0 Å². The van der Waals surface area contributed by atoms with Crippen LogP contribution in [0.3, 0.4) is 0 Å². The van der Waals surface area contributed by atoms with Crippen LogP contribution in [-0.4, -0.2) is 11.9 Å². The number of fused-ring (bicyclic) bond motifs is 2. The molecule has 2 aromatic rings. The van der Waals surface area contributed by atoms with Crippen molar-refractivity contribution in [2.24, 2.45) is 0 Å². The summed E-state index contributed by atoms with van der Waals surface area (Å²) in [5.41, 5.74) is 9.92. The second-order valence-corrected chi connectivity index (χ2v) is 6.88. The Hall–Kier alpha value is -2.54. The van der Waals surface area contributed by atoms with Crippen LogP contribution in [0.4, 0.5) is 0 Å². The fourth-order valence-electron chi connectivity index (χ4n) is 3.99. The number of rotatable bonds is 3. The molecule has 0 unspecified atom stereocenters. The molecule has 4 rings (SSSR count). The molecule has 1 aliphatic carbocycles. The molecule has 2 aromatic carbocycles. The largest absolute Gasteiger partial charge is 0.345 e. The van der Waals surface area contributed by atoms with Crippen LogP contribution in [0.15, 0.2) is 55.1 Å². The average molecular weight is 313 g/mol. The van der Waals surface area contributed by atoms with Crippen LogP contribution in [-0.2, 0) is 6.42 Å². The van der Waals surface area contributed by atoms with Crippen molar-refractivity contribution in [1.29, 1.82) is 0 Å². The molecule has 0 aromatic heterocycles. The lowest BCUT2D eigenvalue weighted by molar-refractivity contribution is 0.685. The molecular formula is C23H23N. The smallest absolute Gasteiger partial charge is 0.0415 e. The van der Waals surface area contributed by atoms with Crippen LogP contribution >= 0.6 is 0 Å². The lowest BCUT2D eigenvalue weighted by Crippen LogP contribution is -2.19. The second kappa shape index (κ2) is 5.24. The van der Waals surface area contributed by atoms with E-state index < -0.39 is 0 Å². The second-order valence-electron chi connectivity index (χ2n) is 6.88. The van der Waals surface area contributed by atoms with E-state index >= 15 is 0 Å². The Balaban J connectivity index is 1.98. The molecule has 24 heavy (non-hydrogen) atoms. The van der Waals surface area contributed by atoms with E-state index in [-0.39, 0.29) is 0 Å². The zero-order chi connectivity index (χ0) is 17.0. The van der Waals surface area contributed by atoms with Gasteiger partial charge in [0.1, 0.15) is 0 Å². The summed E-state index contributed by atoms with van der Waals surface area (Å²) < 4.78 is 0. The van der Waals surface area contributed by atoms with Gasteiger partial charge in [-0.1, -0.05) is 62.9 Å². The lowest BCUT2D eigenvalue weighted by Gasteiger charge is -2.32. The Bertz CT molecular complexity index is 956. The maximum atomic E-state index is 4.31. The molecule has 0 saturated carbocycles. The number of benzene rings is 2. The van der Waals surface area contributed by atoms with Crippen molar-refractivity contribution in [2.75, 3.05) is 7.05 Å². The van der Waals surface area contributed by atoms with Crippen LogP contribution in [0.1, 0.15) is 42.0 Å². The molecule has 0 spiro atoms. The molecular weight excluding hydrogens is 290 g/mol. The first-order chi connectivity index (χ1) is 11.5. The van der Waals surface area contributed by atoms with Crippen molar-refractivity contribution in [3.63, 3.8) is 0 Å². The predicted molar refractivity (Wildman–Crippen MR) is 106 cm³/mol. The summed E-state index contributed by atoms with van der Waals surface area (Å²) in [6.45, 7) is 15.1. The van der Waals surface area contributed by atoms with E-state index in [1.165, 1.54) is 44.2 Å². The maximum absolute atomic E-state index is 4.31. The summed E-state index contributed by atoms with van der Waals surface area (Å²) >= 11 is 0. The van der Waals surface area contributed by atoms with Gasteiger partial charge in [0.15, 0.2) is 0 Å². The molecule has 0 amide bonds. The summed E-state index contributed by atoms with van der Waals surface area (Å²) in [4.78, 5) is 2.10. The molecule has 2 aliphatic rings. The lowest BCUT2D eigenvalue weighted by atomic mass is 9.87. The summed E-state index contributed by atoms with van der Waals surface area (Å²) in [5.74, 6) is 0. The number of hydrogen-bond acceptors (Lipinski definition) is 1. The van der Waals surface area contributed by atoms with Crippen LogP contribution < -0.4 is 0 Å². The molecule has 1 aliphatic heterocycles. The summed E-state index contributed by atoms with van der Waals surface area (Å²) in [7, 11) is 2.05. The highest BCUT2D eigenvalue weighted by Crippen LogP contribution is 2.45. The van der Waals surface area contributed by atoms with E-state index in [1.807, 2.05) is 7.05 Å². The molecule has 1 heteroatoms. The maximum Gasteiger partial charge on any atom is 0.0415 e. The molecule has 0 radical (unpaired) electrons. The summed E-state index contributed by atoms with van der Waals surface area (Å²) in [6.07, 6.45) is 5.55. The first-order valence-electron chi connectivity index (χ1n) is 8.62. The van der Waals surface area contributed by atoms with Crippen molar-refractivity contribution in [1.82, 2.24) is 4.90 Å². The van der Waals surface area contributed by atoms with Gasteiger partial charge in [-0.3, -0.25) is 0 Å². The van der Waals surface area contributed by atoms with Gasteiger partial charge in [-0.15, -0.1) is 0 Å². The number of nitrogens with zero attached hydrogens (tertiary/aromatic N) is 1. The van der Waals surface area contributed by atoms with Crippen LogP contribution in [0, 0.1) is 0 Å². The third kappa shape index (κ3) is 1.94. The first kappa shape index (κ1) is 15.0. The van der Waals surface area contributed by atoms with Crippen molar-refractivity contribution in [3.8, 4) is 0 Å². The Morgan fingerprint density at radius 1 is 1.17 bits per heavy atom. The van der Waals surface area contributed by atoms with Crippen LogP contribution in [0.2, 0.25) is 0 Å². The minimum absolute atomic E-state index is 0.985. The van der Waals surface area contributed by atoms with Crippen molar-refractivity contribution >= 4 is 28.2 Å². The van der Waals surface area contributed by atoms with Crippen LogP contribution in [0.5, 0.6) is 0 Å². The van der Waals surface area contributed by atoms with Gasteiger partial charge in [-0.25, -0.2) is 0 Å². The normalized spacial score (nSPS) is 15.8. The number of allylic oxidation sites excluding steroid dienone is 2. The van der Waals surface area contributed by atoms with Gasteiger partial charge in [-0.2, -0.15) is 0 Å². The molecule has 1 nitrogen and oxygen atoms in total. The molecule has 0 atom stereocenters. The van der Waals surface area contributed by atoms with E-state index in [1.54, 1.807) is 0 Å². The molecule has 0 saturated heterocycles. The van der Waals surface area contributed by atoms with E-state index in [0.717, 1.165) is 30.7 Å². The third-order valence-corrected chi connectivity index (χ3v) is 5.43. The van der Waals surface area contributed by atoms with Gasteiger partial charge in [0, 0.05) is 35.0 Å². The molecule has 120 valence electrons. The highest BCUT2D eigenvalue weighted by molar-refractivity contribution is 6.09. The molecule has 0 N–H and O–H groups in total. The first-order valence-corrected chi connectivity index (χ1v) is 8.62. The highest BCUT2D eigenvalue weighted by atomic mass is 15.1. The average Bonchev–Trinajstić information content (AvgIpc) is 3.02. The minimum atomic E-state index is 0.985. The molecule has 1 heterocycles. The zero-order valence-corrected chi connectivity index (χ0v) is 14.6. The van der Waals surface area contributed by atoms with E-state index in [0.29, 0.717) is 0 Å². The monoisotopic (exact) mass is 313 g/mol. The third-order valence-electron chi connectivity index (χ3n) is 5.43. The Morgan fingerprint density at radius 3 is 2.67 bits per heavy atom. The SMILES string of the molecule is C=C(CCC)C1=Cc2c(cc3c4c(cccc24)C(=C)N(C)C3=C)C1. The fraction of sp³-hybridized carbons (Fsp3) is 0.217. The number of hydrogen-bond donors (Lipinski definition) is 0. The molecule has 0 bridgehead atoms. The van der Waals surface area contributed by atoms with Crippen molar-refractivity contribution in [3.05, 3.63) is 77.4 Å². The zero-order valence-electron chi connectivity index (χ0n) is 14.6. The van der Waals surface area contributed by atoms with Gasteiger partial charge in [0.25, 0.3) is 0 Å².